The van der Waals surface area contributed by atoms with Crippen LogP contribution in [0, 0.1) is 23.2 Å². The molecule has 11 nitrogen and oxygen atoms in total. The topological polar surface area (TPSA) is 130 Å². The molecule has 42 heavy (non-hydrogen) atoms. The highest BCUT2D eigenvalue weighted by Gasteiger charge is 2.57. The van der Waals surface area contributed by atoms with Crippen molar-refractivity contribution >= 4 is 23.5 Å². The number of fused-ring (bicyclic) bond motifs is 2. The van der Waals surface area contributed by atoms with E-state index in [-0.39, 0.29) is 42.3 Å². The molecule has 2 saturated carbocycles. The maximum atomic E-state index is 14.3. The molecule has 3 aliphatic heterocycles. The van der Waals surface area contributed by atoms with Gasteiger partial charge in [-0.15, -0.1) is 0 Å². The van der Waals surface area contributed by atoms with Gasteiger partial charge in [-0.2, -0.15) is 10.4 Å². The van der Waals surface area contributed by atoms with Crippen molar-refractivity contribution in [3.05, 3.63) is 41.6 Å². The lowest BCUT2D eigenvalue weighted by atomic mass is 9.82. The number of nitrogens with one attached hydrogen (secondary N) is 1. The van der Waals surface area contributed by atoms with Gasteiger partial charge in [0.2, 0.25) is 0 Å². The second-order valence-electron chi connectivity index (χ2n) is 12.1. The highest BCUT2D eigenvalue weighted by molar-refractivity contribution is 6.06. The van der Waals surface area contributed by atoms with Crippen LogP contribution in [0.3, 0.4) is 0 Å². The smallest absolute Gasteiger partial charge is 0.276 e. The Kier molecular flexibility index (Phi) is 6.89. The molecule has 5 atom stereocenters. The van der Waals surface area contributed by atoms with Crippen LogP contribution in [-0.4, -0.2) is 76.9 Å². The second kappa shape index (κ2) is 10.7. The van der Waals surface area contributed by atoms with Crippen molar-refractivity contribution in [2.75, 3.05) is 31.3 Å². The number of benzene rings is 1. The molecule has 11 heteroatoms. The number of nitriles is 1. The third-order valence-electron chi connectivity index (χ3n) is 9.50. The van der Waals surface area contributed by atoms with Crippen molar-refractivity contribution in [3.8, 4) is 11.8 Å². The number of ether oxygens (including phenoxy) is 2. The van der Waals surface area contributed by atoms with E-state index in [9.17, 15) is 19.6 Å². The maximum Gasteiger partial charge on any atom is 0.276 e. The Morgan fingerprint density at radius 2 is 1.88 bits per heavy atom. The van der Waals surface area contributed by atoms with Crippen LogP contribution in [0.2, 0.25) is 0 Å². The van der Waals surface area contributed by atoms with Gasteiger partial charge in [0, 0.05) is 37.3 Å². The molecular formula is C31H36N6O5. The largest absolute Gasteiger partial charge is 0.484 e. The summed E-state index contributed by atoms with van der Waals surface area (Å²) < 4.78 is 13.2. The van der Waals surface area contributed by atoms with Gasteiger partial charge >= 0.3 is 0 Å². The minimum absolute atomic E-state index is 0.0137. The Labute approximate surface area is 244 Å². The van der Waals surface area contributed by atoms with Crippen LogP contribution in [0.1, 0.15) is 73.5 Å². The normalized spacial score (nSPS) is 28.6. The molecule has 4 fully saturated rings. The van der Waals surface area contributed by atoms with Gasteiger partial charge < -0.3 is 19.7 Å². The number of aromatic nitrogens is 2. The summed E-state index contributed by atoms with van der Waals surface area (Å²) >= 11 is 0. The SMILES string of the molecule is CCN1C(=O)[C@@H](NC(=O)COc2ccccc2)[C@@H](C2CC2)c2c(C(=O)N3[C@H](C#N)C[C@H]4C[C@H]43)nn(C3CCOCC3)c21. The molecule has 3 amide bonds. The summed E-state index contributed by atoms with van der Waals surface area (Å²) in [6.07, 6.45) is 4.88. The third-order valence-corrected chi connectivity index (χ3v) is 9.50. The third kappa shape index (κ3) is 4.62. The van der Waals surface area contributed by atoms with Gasteiger partial charge in [0.05, 0.1) is 12.1 Å². The number of nitrogens with zero attached hydrogens (tertiary/aromatic N) is 5. The van der Waals surface area contributed by atoms with E-state index >= 15 is 0 Å². The number of anilines is 1. The fraction of sp³-hybridized carbons (Fsp3) is 0.581. The molecule has 7 rings (SSSR count). The zero-order valence-corrected chi connectivity index (χ0v) is 23.8. The zero-order valence-electron chi connectivity index (χ0n) is 23.8. The van der Waals surface area contributed by atoms with E-state index in [4.69, 9.17) is 14.6 Å². The molecule has 4 heterocycles. The van der Waals surface area contributed by atoms with Crippen LogP contribution in [0.5, 0.6) is 5.75 Å². The van der Waals surface area contributed by atoms with Crippen LogP contribution in [0.15, 0.2) is 30.3 Å². The first kappa shape index (κ1) is 27.0. The molecule has 0 bridgehead atoms. The van der Waals surface area contributed by atoms with Crippen LogP contribution < -0.4 is 15.0 Å². The fourth-order valence-corrected chi connectivity index (χ4v) is 7.24. The summed E-state index contributed by atoms with van der Waals surface area (Å²) in [4.78, 5) is 45.1. The standard InChI is InChI=1S/C31H36N6O5/c1-2-35-29-26(25(18-8-9-18)27(30(35)39)33-24(38)17-42-22-6-4-3-5-7-22)28(34-37(29)20-10-12-41-13-11-20)31(40)36-21(16-32)14-19-15-23(19)36/h3-7,18-21,23,25,27H,2,8-15,17H2,1H3,(H,33,38)/t19-,21-,23+,25-,27-/m0/s1. The average Bonchev–Trinajstić information content (AvgIpc) is 3.94. The van der Waals surface area contributed by atoms with Crippen LogP contribution >= 0.6 is 0 Å². The van der Waals surface area contributed by atoms with Crippen molar-refractivity contribution in [2.45, 2.75) is 75.5 Å². The van der Waals surface area contributed by atoms with Gasteiger partial charge in [0.1, 0.15) is 23.7 Å². The Morgan fingerprint density at radius 3 is 2.57 bits per heavy atom. The zero-order chi connectivity index (χ0) is 29.0. The van der Waals surface area contributed by atoms with Crippen molar-refractivity contribution in [1.29, 1.82) is 5.26 Å². The summed E-state index contributed by atoms with van der Waals surface area (Å²) in [6, 6.07) is 10.2. The molecular weight excluding hydrogens is 536 g/mol. The minimum atomic E-state index is -0.838. The molecule has 0 unspecified atom stereocenters. The van der Waals surface area contributed by atoms with E-state index < -0.39 is 18.0 Å². The summed E-state index contributed by atoms with van der Waals surface area (Å²) in [5.74, 6) is 0.545. The molecule has 0 spiro atoms. The van der Waals surface area contributed by atoms with Gasteiger partial charge in [-0.3, -0.25) is 19.3 Å². The van der Waals surface area contributed by atoms with E-state index in [0.29, 0.717) is 49.4 Å². The van der Waals surface area contributed by atoms with Crippen molar-refractivity contribution < 1.29 is 23.9 Å². The molecule has 1 aromatic heterocycles. The van der Waals surface area contributed by atoms with Gasteiger partial charge in [0.25, 0.3) is 17.7 Å². The van der Waals surface area contributed by atoms with Gasteiger partial charge in [0.15, 0.2) is 12.3 Å². The number of para-hydroxylation sites is 1. The Bertz CT molecular complexity index is 1430. The Morgan fingerprint density at radius 1 is 1.12 bits per heavy atom. The predicted octanol–water partition coefficient (Wildman–Crippen LogP) is 2.79. The Balaban J connectivity index is 1.28. The molecule has 2 saturated heterocycles. The van der Waals surface area contributed by atoms with Crippen LogP contribution in [0.25, 0.3) is 0 Å². The average molecular weight is 573 g/mol. The van der Waals surface area contributed by atoms with Gasteiger partial charge in [-0.25, -0.2) is 4.68 Å². The molecule has 1 N–H and O–H groups in total. The highest BCUT2D eigenvalue weighted by atomic mass is 16.5. The van der Waals surface area contributed by atoms with E-state index in [2.05, 4.69) is 11.4 Å². The first-order valence-electron chi connectivity index (χ1n) is 15.2. The lowest BCUT2D eigenvalue weighted by Crippen LogP contribution is -2.56. The number of hydrogen-bond acceptors (Lipinski definition) is 7. The quantitative estimate of drug-likeness (QED) is 0.515. The predicted molar refractivity (Wildman–Crippen MR) is 151 cm³/mol. The minimum Gasteiger partial charge on any atom is -0.484 e. The van der Waals surface area contributed by atoms with E-state index in [0.717, 1.165) is 37.7 Å². The first-order chi connectivity index (χ1) is 20.5. The molecule has 2 aromatic rings. The van der Waals surface area contributed by atoms with Crippen molar-refractivity contribution in [1.82, 2.24) is 20.0 Å². The van der Waals surface area contributed by atoms with Gasteiger partial charge in [-0.1, -0.05) is 18.2 Å². The monoisotopic (exact) mass is 572 g/mol. The maximum absolute atomic E-state index is 14.3. The number of carbonyl (C=O) groups excluding carboxylic acids is 3. The number of hydrogen-bond donors (Lipinski definition) is 1. The van der Waals surface area contributed by atoms with Crippen molar-refractivity contribution in [3.63, 3.8) is 0 Å². The first-order valence-corrected chi connectivity index (χ1v) is 15.2. The fourth-order valence-electron chi connectivity index (χ4n) is 7.24. The van der Waals surface area contributed by atoms with Gasteiger partial charge in [-0.05, 0) is 69.4 Å². The molecule has 5 aliphatic rings. The molecule has 1 aromatic carbocycles. The summed E-state index contributed by atoms with van der Waals surface area (Å²) in [6.45, 7) is 3.22. The molecule has 0 radical (unpaired) electrons. The van der Waals surface area contributed by atoms with Crippen molar-refractivity contribution in [2.24, 2.45) is 11.8 Å². The molecule has 2 aliphatic carbocycles. The second-order valence-corrected chi connectivity index (χ2v) is 12.1. The number of amides is 3. The highest BCUT2D eigenvalue weighted by Crippen LogP contribution is 2.53. The number of likely N-dealkylation sites (tertiary alicyclic amines) is 1. The molecule has 220 valence electrons. The van der Waals surface area contributed by atoms with E-state index in [1.54, 1.807) is 21.9 Å². The summed E-state index contributed by atoms with van der Waals surface area (Å²) in [5, 5.41) is 17.8. The number of piperidine rings is 1. The van der Waals surface area contributed by atoms with E-state index in [1.165, 1.54) is 0 Å². The lowest BCUT2D eigenvalue weighted by molar-refractivity contribution is -0.129. The summed E-state index contributed by atoms with van der Waals surface area (Å²) in [7, 11) is 0. The number of rotatable bonds is 8. The number of carbonyl (C=O) groups is 3. The van der Waals surface area contributed by atoms with E-state index in [1.807, 2.05) is 29.8 Å². The Hall–Kier alpha value is -3.91. The summed E-state index contributed by atoms with van der Waals surface area (Å²) in [5.41, 5.74) is 1.07. The van der Waals surface area contributed by atoms with Crippen LogP contribution in [0.4, 0.5) is 5.82 Å². The number of likely N-dealkylation sites (N-methyl/N-ethyl adjacent to an activating group) is 1. The van der Waals surface area contributed by atoms with Crippen LogP contribution in [-0.2, 0) is 14.3 Å². The lowest BCUT2D eigenvalue weighted by Gasteiger charge is -2.39.